The molecule has 5 nitrogen and oxygen atoms in total. The largest absolute Gasteiger partial charge is 0.464 e. The molecule has 1 aliphatic heterocycles. The van der Waals surface area contributed by atoms with E-state index >= 15 is 0 Å². The monoisotopic (exact) mass is 365 g/mol. The van der Waals surface area contributed by atoms with Gasteiger partial charge in [0.05, 0.1) is 29.3 Å². The fourth-order valence-corrected chi connectivity index (χ4v) is 3.31. The Bertz CT molecular complexity index is 967. The van der Waals surface area contributed by atoms with E-state index in [1.807, 2.05) is 42.5 Å². The minimum absolute atomic E-state index is 0.0316. The van der Waals surface area contributed by atoms with Gasteiger partial charge in [0.15, 0.2) is 11.7 Å². The Morgan fingerprint density at radius 1 is 1.11 bits per heavy atom. The van der Waals surface area contributed by atoms with E-state index in [0.29, 0.717) is 35.5 Å². The van der Waals surface area contributed by atoms with Crippen molar-refractivity contribution in [3.05, 3.63) is 76.6 Å². The Balaban J connectivity index is 1.72. The molecule has 27 heavy (non-hydrogen) atoms. The van der Waals surface area contributed by atoms with Crippen LogP contribution in [0.5, 0.6) is 0 Å². The van der Waals surface area contributed by atoms with Crippen molar-refractivity contribution >= 4 is 16.7 Å². The molecule has 2 aromatic carbocycles. The smallest absolute Gasteiger partial charge is 0.198 e. The van der Waals surface area contributed by atoms with Crippen molar-refractivity contribution in [2.75, 3.05) is 11.7 Å². The standard InChI is InChI=1S/C22H23NO4/c1-15(2)13-26-21-12-19(23(27-21)16-8-4-3-5-9-16)18-14-25-20-11-7-6-10-17(20)22(18)24/h3-11,14-15,19,21H,12-13H2,1-2H3/t19-,21+/m0/s1. The molecule has 0 spiro atoms. The fourth-order valence-electron chi connectivity index (χ4n) is 3.31. The maximum absolute atomic E-state index is 13.1. The van der Waals surface area contributed by atoms with Gasteiger partial charge in [-0.15, -0.1) is 0 Å². The second kappa shape index (κ2) is 7.55. The molecule has 1 aromatic heterocycles. The number of fused-ring (bicyclic) bond motifs is 1. The van der Waals surface area contributed by atoms with Gasteiger partial charge in [0.2, 0.25) is 0 Å². The van der Waals surface area contributed by atoms with Crippen LogP contribution in [0.1, 0.15) is 31.9 Å². The van der Waals surface area contributed by atoms with Crippen molar-refractivity contribution in [3.8, 4) is 0 Å². The summed E-state index contributed by atoms with van der Waals surface area (Å²) in [6, 6.07) is 16.8. The quantitative estimate of drug-likeness (QED) is 0.657. The zero-order valence-corrected chi connectivity index (χ0v) is 15.5. The molecule has 0 amide bonds. The topological polar surface area (TPSA) is 51.9 Å². The lowest BCUT2D eigenvalue weighted by molar-refractivity contribution is -0.125. The van der Waals surface area contributed by atoms with Crippen LogP contribution < -0.4 is 10.5 Å². The molecule has 0 saturated carbocycles. The molecular formula is C22H23NO4. The van der Waals surface area contributed by atoms with Gasteiger partial charge in [-0.3, -0.25) is 4.79 Å². The number of anilines is 1. The van der Waals surface area contributed by atoms with Crippen LogP contribution in [-0.4, -0.2) is 12.9 Å². The molecule has 0 N–H and O–H groups in total. The molecule has 4 rings (SSSR count). The molecule has 0 bridgehead atoms. The third-order valence-corrected chi connectivity index (χ3v) is 4.62. The van der Waals surface area contributed by atoms with E-state index in [2.05, 4.69) is 13.8 Å². The van der Waals surface area contributed by atoms with Gasteiger partial charge in [-0.25, -0.2) is 9.90 Å². The molecule has 0 radical (unpaired) electrons. The van der Waals surface area contributed by atoms with E-state index < -0.39 is 6.29 Å². The van der Waals surface area contributed by atoms with Crippen LogP contribution >= 0.6 is 0 Å². The third kappa shape index (κ3) is 3.61. The van der Waals surface area contributed by atoms with E-state index in [0.717, 1.165) is 5.69 Å². The highest BCUT2D eigenvalue weighted by Crippen LogP contribution is 2.37. The number of hydrogen-bond donors (Lipinski definition) is 0. The number of hydrogen-bond acceptors (Lipinski definition) is 5. The lowest BCUT2D eigenvalue weighted by atomic mass is 10.0. The normalized spacial score (nSPS) is 19.9. The molecule has 3 aromatic rings. The van der Waals surface area contributed by atoms with E-state index in [9.17, 15) is 4.79 Å². The van der Waals surface area contributed by atoms with Crippen LogP contribution in [0.25, 0.3) is 11.0 Å². The summed E-state index contributed by atoms with van der Waals surface area (Å²) >= 11 is 0. The number of hydroxylamine groups is 1. The zero-order valence-electron chi connectivity index (χ0n) is 15.5. The summed E-state index contributed by atoms with van der Waals surface area (Å²) in [5.74, 6) is 0.406. The molecule has 2 atom stereocenters. The van der Waals surface area contributed by atoms with Gasteiger partial charge in [-0.05, 0) is 30.2 Å². The molecule has 1 saturated heterocycles. The van der Waals surface area contributed by atoms with Gasteiger partial charge in [0.1, 0.15) is 11.8 Å². The summed E-state index contributed by atoms with van der Waals surface area (Å²) in [5, 5.41) is 2.35. The molecule has 1 fully saturated rings. The Kier molecular flexibility index (Phi) is 4.97. The summed E-state index contributed by atoms with van der Waals surface area (Å²) in [6.07, 6.45) is 1.72. The summed E-state index contributed by atoms with van der Waals surface area (Å²) in [6.45, 7) is 4.80. The maximum Gasteiger partial charge on any atom is 0.198 e. The second-order valence-electron chi connectivity index (χ2n) is 7.19. The van der Waals surface area contributed by atoms with Gasteiger partial charge in [-0.1, -0.05) is 44.2 Å². The van der Waals surface area contributed by atoms with Gasteiger partial charge in [0, 0.05) is 6.42 Å². The molecular weight excluding hydrogens is 342 g/mol. The molecule has 2 heterocycles. The van der Waals surface area contributed by atoms with Crippen molar-refractivity contribution in [2.24, 2.45) is 5.92 Å². The number of rotatable bonds is 5. The highest BCUT2D eigenvalue weighted by atomic mass is 16.8. The average molecular weight is 365 g/mol. The molecule has 0 aliphatic carbocycles. The van der Waals surface area contributed by atoms with Crippen LogP contribution in [0.15, 0.2) is 70.1 Å². The Hall–Kier alpha value is -2.63. The summed E-state index contributed by atoms with van der Waals surface area (Å²) in [7, 11) is 0. The Morgan fingerprint density at radius 3 is 2.63 bits per heavy atom. The Labute approximate surface area is 158 Å². The van der Waals surface area contributed by atoms with Crippen LogP contribution in [0.3, 0.4) is 0 Å². The lowest BCUT2D eigenvalue weighted by Crippen LogP contribution is -2.26. The first kappa shape index (κ1) is 17.8. The third-order valence-electron chi connectivity index (χ3n) is 4.62. The van der Waals surface area contributed by atoms with E-state index in [1.165, 1.54) is 0 Å². The zero-order chi connectivity index (χ0) is 18.8. The van der Waals surface area contributed by atoms with Gasteiger partial charge in [0.25, 0.3) is 0 Å². The van der Waals surface area contributed by atoms with Crippen LogP contribution in [0.4, 0.5) is 5.69 Å². The van der Waals surface area contributed by atoms with Crippen LogP contribution in [-0.2, 0) is 9.57 Å². The Morgan fingerprint density at radius 2 is 1.85 bits per heavy atom. The fraction of sp³-hybridized carbons (Fsp3) is 0.318. The first-order valence-electron chi connectivity index (χ1n) is 9.26. The minimum Gasteiger partial charge on any atom is -0.464 e. The number of benzene rings is 2. The van der Waals surface area contributed by atoms with Crippen molar-refractivity contribution in [3.63, 3.8) is 0 Å². The number of para-hydroxylation sites is 2. The highest BCUT2D eigenvalue weighted by Gasteiger charge is 2.37. The predicted molar refractivity (Wildman–Crippen MR) is 104 cm³/mol. The maximum atomic E-state index is 13.1. The molecule has 1 aliphatic rings. The second-order valence-corrected chi connectivity index (χ2v) is 7.19. The van der Waals surface area contributed by atoms with Crippen molar-refractivity contribution in [2.45, 2.75) is 32.6 Å². The summed E-state index contributed by atoms with van der Waals surface area (Å²) in [5.41, 5.74) is 2.01. The number of ether oxygens (including phenoxy) is 1. The van der Waals surface area contributed by atoms with Crippen LogP contribution in [0, 0.1) is 5.92 Å². The van der Waals surface area contributed by atoms with Crippen molar-refractivity contribution < 1.29 is 14.0 Å². The predicted octanol–water partition coefficient (Wildman–Crippen LogP) is 4.67. The first-order valence-corrected chi connectivity index (χ1v) is 9.26. The van der Waals surface area contributed by atoms with Crippen molar-refractivity contribution in [1.29, 1.82) is 0 Å². The van der Waals surface area contributed by atoms with Crippen molar-refractivity contribution in [1.82, 2.24) is 0 Å². The van der Waals surface area contributed by atoms with Gasteiger partial charge >= 0.3 is 0 Å². The van der Waals surface area contributed by atoms with Crippen LogP contribution in [0.2, 0.25) is 0 Å². The summed E-state index contributed by atoms with van der Waals surface area (Å²) in [4.78, 5) is 19.1. The average Bonchev–Trinajstić information content (AvgIpc) is 3.12. The summed E-state index contributed by atoms with van der Waals surface area (Å²) < 4.78 is 11.6. The van der Waals surface area contributed by atoms with E-state index in [4.69, 9.17) is 14.0 Å². The molecule has 5 heteroatoms. The van der Waals surface area contributed by atoms with Gasteiger partial charge in [-0.2, -0.15) is 0 Å². The highest BCUT2D eigenvalue weighted by molar-refractivity contribution is 5.76. The molecule has 140 valence electrons. The van der Waals surface area contributed by atoms with E-state index in [1.54, 1.807) is 23.5 Å². The molecule has 0 unspecified atom stereocenters. The van der Waals surface area contributed by atoms with E-state index in [-0.39, 0.29) is 11.5 Å². The first-order chi connectivity index (χ1) is 13.1. The SMILES string of the molecule is CC(C)CO[C@H]1C[C@@H](c2coc3ccccc3c2=O)N(c2ccccc2)O1. The minimum atomic E-state index is -0.400. The number of nitrogens with zero attached hydrogens (tertiary/aromatic N) is 1. The lowest BCUT2D eigenvalue weighted by Gasteiger charge is -2.24. The van der Waals surface area contributed by atoms with Gasteiger partial charge < -0.3 is 9.15 Å².